The number of fused-ring (bicyclic) bond motifs is 1. The number of halogens is 1. The van der Waals surface area contributed by atoms with E-state index in [4.69, 9.17) is 4.98 Å². The molecule has 162 valence electrons. The first-order valence-electron chi connectivity index (χ1n) is 10.4. The van der Waals surface area contributed by atoms with E-state index in [9.17, 15) is 4.39 Å². The van der Waals surface area contributed by atoms with Crippen molar-refractivity contribution in [2.75, 3.05) is 44.0 Å². The molecule has 0 spiro atoms. The lowest BCUT2D eigenvalue weighted by atomic mass is 10.1. The number of benzene rings is 1. The molecule has 0 aliphatic carbocycles. The lowest BCUT2D eigenvalue weighted by molar-refractivity contribution is 0.612. The molecule has 1 saturated heterocycles. The van der Waals surface area contributed by atoms with E-state index in [0.29, 0.717) is 18.9 Å². The maximum absolute atomic E-state index is 14.1. The van der Waals surface area contributed by atoms with Crippen molar-refractivity contribution in [1.29, 1.82) is 0 Å². The van der Waals surface area contributed by atoms with Gasteiger partial charge in [0.1, 0.15) is 5.82 Å². The third-order valence-electron chi connectivity index (χ3n) is 5.48. The second-order valence-electron chi connectivity index (χ2n) is 7.86. The summed E-state index contributed by atoms with van der Waals surface area (Å²) < 4.78 is 14.1. The highest BCUT2D eigenvalue weighted by Gasteiger charge is 2.26. The van der Waals surface area contributed by atoms with E-state index in [2.05, 4.69) is 32.7 Å². The predicted octanol–water partition coefficient (Wildman–Crippen LogP) is 2.78. The zero-order valence-electron chi connectivity index (χ0n) is 18.1. The van der Waals surface area contributed by atoms with Crippen LogP contribution in [-0.2, 0) is 6.54 Å². The summed E-state index contributed by atoms with van der Waals surface area (Å²) in [5.74, 6) is 1.77. The summed E-state index contributed by atoms with van der Waals surface area (Å²) in [5, 5.41) is 8.00. The second kappa shape index (κ2) is 9.16. The third-order valence-corrected chi connectivity index (χ3v) is 5.48. The second-order valence-corrected chi connectivity index (χ2v) is 7.86. The van der Waals surface area contributed by atoms with Gasteiger partial charge >= 0.3 is 0 Å². The van der Waals surface area contributed by atoms with Crippen LogP contribution in [0.2, 0.25) is 0 Å². The molecule has 0 saturated carbocycles. The van der Waals surface area contributed by atoms with Crippen LogP contribution in [0.3, 0.4) is 0 Å². The molecular weight excluding hydrogens is 393 g/mol. The molecule has 4 rings (SSSR count). The van der Waals surface area contributed by atoms with E-state index in [-0.39, 0.29) is 11.9 Å². The Hall–Kier alpha value is -3.42. The Balaban J connectivity index is 1.42. The molecule has 2 aromatic heterocycles. The van der Waals surface area contributed by atoms with E-state index >= 15 is 0 Å². The van der Waals surface area contributed by atoms with Gasteiger partial charge < -0.3 is 20.4 Å². The monoisotopic (exact) mass is 421 g/mol. The van der Waals surface area contributed by atoms with Crippen LogP contribution >= 0.6 is 0 Å². The molecule has 1 aliphatic heterocycles. The Morgan fingerprint density at radius 2 is 2.10 bits per heavy atom. The third kappa shape index (κ3) is 4.68. The van der Waals surface area contributed by atoms with E-state index < -0.39 is 0 Å². The molecule has 31 heavy (non-hydrogen) atoms. The molecule has 0 radical (unpaired) electrons. The van der Waals surface area contributed by atoms with Gasteiger partial charge in [0.05, 0.1) is 5.52 Å². The number of aromatic nitrogens is 2. The first-order chi connectivity index (χ1) is 15.0. The summed E-state index contributed by atoms with van der Waals surface area (Å²) in [6.07, 6.45) is 2.51. The number of hydrogen-bond donors (Lipinski definition) is 2. The van der Waals surface area contributed by atoms with Crippen LogP contribution in [-0.4, -0.2) is 56.2 Å². The summed E-state index contributed by atoms with van der Waals surface area (Å²) in [7, 11) is 5.74. The topological polar surface area (TPSA) is 68.7 Å². The minimum absolute atomic E-state index is 0.166. The van der Waals surface area contributed by atoms with Crippen LogP contribution < -0.4 is 20.4 Å². The number of hydrogen-bond acceptors (Lipinski definition) is 5. The minimum Gasteiger partial charge on any atom is -0.363 e. The number of aliphatic imine (C=N–C) groups is 1. The summed E-state index contributed by atoms with van der Waals surface area (Å²) in [6.45, 7) is 2.05. The number of guanidine groups is 1. The van der Waals surface area contributed by atoms with Gasteiger partial charge in [0.15, 0.2) is 17.6 Å². The fraction of sp³-hybridized carbons (Fsp3) is 0.348. The van der Waals surface area contributed by atoms with E-state index in [1.807, 2.05) is 42.1 Å². The zero-order valence-corrected chi connectivity index (χ0v) is 18.1. The van der Waals surface area contributed by atoms with Crippen molar-refractivity contribution in [2.24, 2.45) is 4.99 Å². The smallest absolute Gasteiger partial charge is 0.191 e. The van der Waals surface area contributed by atoms with Crippen LogP contribution in [0.4, 0.5) is 16.0 Å². The molecular formula is C23H28FN7. The molecule has 7 nitrogen and oxygen atoms in total. The van der Waals surface area contributed by atoms with Gasteiger partial charge in [-0.1, -0.05) is 18.2 Å². The molecule has 8 heteroatoms. The van der Waals surface area contributed by atoms with Gasteiger partial charge in [0.25, 0.3) is 0 Å². The molecule has 2 N–H and O–H groups in total. The number of nitrogens with one attached hydrogen (secondary N) is 2. The van der Waals surface area contributed by atoms with Crippen molar-refractivity contribution >= 4 is 28.5 Å². The highest BCUT2D eigenvalue weighted by Crippen LogP contribution is 2.23. The normalized spacial score (nSPS) is 16.6. The Morgan fingerprint density at radius 1 is 1.26 bits per heavy atom. The molecule has 0 amide bonds. The maximum Gasteiger partial charge on any atom is 0.191 e. The van der Waals surface area contributed by atoms with Crippen molar-refractivity contribution in [2.45, 2.75) is 19.0 Å². The molecule has 1 fully saturated rings. The molecule has 3 heterocycles. The zero-order chi connectivity index (χ0) is 21.8. The van der Waals surface area contributed by atoms with Crippen molar-refractivity contribution in [1.82, 2.24) is 20.6 Å². The highest BCUT2D eigenvalue weighted by molar-refractivity contribution is 5.85. The largest absolute Gasteiger partial charge is 0.363 e. The van der Waals surface area contributed by atoms with Gasteiger partial charge in [0, 0.05) is 58.4 Å². The van der Waals surface area contributed by atoms with Gasteiger partial charge in [-0.2, -0.15) is 0 Å². The van der Waals surface area contributed by atoms with Gasteiger partial charge in [-0.15, -0.1) is 0 Å². The van der Waals surface area contributed by atoms with Gasteiger partial charge in [-0.3, -0.25) is 4.99 Å². The van der Waals surface area contributed by atoms with E-state index in [1.165, 1.54) is 6.07 Å². The Labute approximate surface area is 182 Å². The first-order valence-corrected chi connectivity index (χ1v) is 10.4. The highest BCUT2D eigenvalue weighted by atomic mass is 19.1. The molecule has 3 aromatic rings. The lowest BCUT2D eigenvalue weighted by Gasteiger charge is -2.20. The molecule has 1 atom stereocenters. The van der Waals surface area contributed by atoms with E-state index in [1.54, 1.807) is 19.3 Å². The Morgan fingerprint density at radius 3 is 2.87 bits per heavy atom. The summed E-state index contributed by atoms with van der Waals surface area (Å²) in [6, 6.07) is 13.5. The standard InChI is InChI=1S/C23H28FN7/c1-25-23(28-17-10-12-31(15-17)22-19(24)8-6-11-26-22)27-14-16-13-21(30(2)3)29-20-9-5-4-7-18(16)20/h4-9,11,13,17H,10,12,14-15H2,1-3H3,(H2,25,27,28). The van der Waals surface area contributed by atoms with Crippen molar-refractivity contribution in [3.8, 4) is 0 Å². The Kier molecular flexibility index (Phi) is 6.16. The maximum atomic E-state index is 14.1. The van der Waals surface area contributed by atoms with Crippen molar-refractivity contribution in [3.63, 3.8) is 0 Å². The molecule has 0 bridgehead atoms. The Bertz CT molecular complexity index is 1080. The SMILES string of the molecule is CN=C(NCc1cc(N(C)C)nc2ccccc12)NC1CCN(c2ncccc2F)C1. The summed E-state index contributed by atoms with van der Waals surface area (Å²) >= 11 is 0. The number of para-hydroxylation sites is 1. The van der Waals surface area contributed by atoms with Crippen LogP contribution in [0.25, 0.3) is 10.9 Å². The average Bonchev–Trinajstić information content (AvgIpc) is 3.24. The van der Waals surface area contributed by atoms with Gasteiger partial charge in [-0.25, -0.2) is 14.4 Å². The van der Waals surface area contributed by atoms with Crippen molar-refractivity contribution < 1.29 is 4.39 Å². The quantitative estimate of drug-likeness (QED) is 0.488. The van der Waals surface area contributed by atoms with Crippen molar-refractivity contribution in [3.05, 3.63) is 60.0 Å². The van der Waals surface area contributed by atoms with Gasteiger partial charge in [-0.05, 0) is 36.2 Å². The summed E-state index contributed by atoms with van der Waals surface area (Å²) in [4.78, 5) is 17.3. The van der Waals surface area contributed by atoms with E-state index in [0.717, 1.165) is 41.2 Å². The van der Waals surface area contributed by atoms with Gasteiger partial charge in [0.2, 0.25) is 0 Å². The van der Waals surface area contributed by atoms with Crippen LogP contribution in [0.15, 0.2) is 53.7 Å². The molecule has 1 unspecified atom stereocenters. The number of rotatable bonds is 5. The lowest BCUT2D eigenvalue weighted by Crippen LogP contribution is -2.44. The average molecular weight is 422 g/mol. The summed E-state index contributed by atoms with van der Waals surface area (Å²) in [5.41, 5.74) is 2.12. The van der Waals surface area contributed by atoms with Crippen LogP contribution in [0.1, 0.15) is 12.0 Å². The fourth-order valence-electron chi connectivity index (χ4n) is 3.85. The minimum atomic E-state index is -0.285. The number of pyridine rings is 2. The van der Waals surface area contributed by atoms with Crippen LogP contribution in [0.5, 0.6) is 0 Å². The number of anilines is 2. The predicted molar refractivity (Wildman–Crippen MR) is 124 cm³/mol. The fourth-order valence-corrected chi connectivity index (χ4v) is 3.85. The van der Waals surface area contributed by atoms with Crippen LogP contribution in [0, 0.1) is 5.82 Å². The molecule has 1 aromatic carbocycles. The first kappa shape index (κ1) is 20.8. The number of nitrogens with zero attached hydrogens (tertiary/aromatic N) is 5. The molecule has 1 aliphatic rings.